The van der Waals surface area contributed by atoms with Gasteiger partial charge < -0.3 is 20.7 Å². The van der Waals surface area contributed by atoms with Gasteiger partial charge in [0.05, 0.1) is 12.5 Å². The maximum atomic E-state index is 11.9. The zero-order chi connectivity index (χ0) is 15.0. The lowest BCUT2D eigenvalue weighted by molar-refractivity contribution is -0.143. The molecule has 1 amide bonds. The molecule has 1 saturated heterocycles. The SMILES string of the molecule is [N-]=[N+]=CC(=O)CCC(NC(=O)C1CCCOC1)C(=O)O. The average molecular weight is 283 g/mol. The van der Waals surface area contributed by atoms with E-state index < -0.39 is 17.8 Å². The van der Waals surface area contributed by atoms with Gasteiger partial charge in [0.2, 0.25) is 11.7 Å². The van der Waals surface area contributed by atoms with Crippen molar-refractivity contribution < 1.29 is 29.0 Å². The van der Waals surface area contributed by atoms with E-state index in [0.717, 1.165) is 6.42 Å². The Kier molecular flexibility index (Phi) is 6.55. The number of Topliss-reactive ketones (excluding diaryl/α,β-unsaturated/α-hetero) is 1. The zero-order valence-corrected chi connectivity index (χ0v) is 10.9. The van der Waals surface area contributed by atoms with E-state index in [0.29, 0.717) is 19.2 Å². The summed E-state index contributed by atoms with van der Waals surface area (Å²) in [6, 6.07) is -1.14. The van der Waals surface area contributed by atoms with E-state index >= 15 is 0 Å². The van der Waals surface area contributed by atoms with Crippen molar-refractivity contribution in [2.24, 2.45) is 5.92 Å². The van der Waals surface area contributed by atoms with Gasteiger partial charge >= 0.3 is 12.2 Å². The third-order valence-electron chi connectivity index (χ3n) is 3.03. The van der Waals surface area contributed by atoms with E-state index in [2.05, 4.69) is 10.1 Å². The van der Waals surface area contributed by atoms with Crippen molar-refractivity contribution in [2.75, 3.05) is 13.2 Å². The molecular weight excluding hydrogens is 266 g/mol. The van der Waals surface area contributed by atoms with Crippen LogP contribution >= 0.6 is 0 Å². The largest absolute Gasteiger partial charge is 0.480 e. The van der Waals surface area contributed by atoms with Gasteiger partial charge in [-0.2, -0.15) is 4.79 Å². The molecule has 0 spiro atoms. The Morgan fingerprint density at radius 1 is 1.50 bits per heavy atom. The fourth-order valence-corrected chi connectivity index (χ4v) is 1.91. The summed E-state index contributed by atoms with van der Waals surface area (Å²) in [5.74, 6) is -2.43. The van der Waals surface area contributed by atoms with Gasteiger partial charge in [-0.05, 0) is 19.3 Å². The molecule has 0 aromatic carbocycles. The Bertz CT molecular complexity index is 425. The number of aliphatic carboxylic acids is 1. The Morgan fingerprint density at radius 3 is 2.80 bits per heavy atom. The molecule has 0 saturated carbocycles. The Morgan fingerprint density at radius 2 is 2.25 bits per heavy atom. The van der Waals surface area contributed by atoms with Crippen LogP contribution in [0.1, 0.15) is 25.7 Å². The molecule has 1 heterocycles. The third-order valence-corrected chi connectivity index (χ3v) is 3.03. The van der Waals surface area contributed by atoms with Gasteiger partial charge in [-0.15, -0.1) is 0 Å². The first-order valence-electron chi connectivity index (χ1n) is 6.35. The normalized spacial score (nSPS) is 19.5. The molecule has 110 valence electrons. The van der Waals surface area contributed by atoms with Crippen molar-refractivity contribution in [2.45, 2.75) is 31.7 Å². The van der Waals surface area contributed by atoms with Gasteiger partial charge in [0.25, 0.3) is 0 Å². The Hall–Kier alpha value is -2.05. The molecule has 1 aliphatic rings. The van der Waals surface area contributed by atoms with E-state index in [9.17, 15) is 14.4 Å². The predicted octanol–water partition coefficient (Wildman–Crippen LogP) is -0.368. The third kappa shape index (κ3) is 5.29. The van der Waals surface area contributed by atoms with Crippen molar-refractivity contribution in [3.63, 3.8) is 0 Å². The minimum atomic E-state index is -1.20. The van der Waals surface area contributed by atoms with Crippen LogP contribution in [-0.4, -0.2) is 53.0 Å². The summed E-state index contributed by atoms with van der Waals surface area (Å²) in [6.07, 6.45) is 1.95. The number of carboxylic acids is 1. The lowest BCUT2D eigenvalue weighted by atomic mass is 10.0. The molecule has 0 aliphatic carbocycles. The summed E-state index contributed by atoms with van der Waals surface area (Å²) in [7, 11) is 0. The smallest absolute Gasteiger partial charge is 0.326 e. The van der Waals surface area contributed by atoms with Crippen LogP contribution in [0.15, 0.2) is 0 Å². The Balaban J connectivity index is 2.49. The molecule has 0 radical (unpaired) electrons. The van der Waals surface area contributed by atoms with Crippen LogP contribution in [0.5, 0.6) is 0 Å². The molecule has 1 aliphatic heterocycles. The summed E-state index contributed by atoms with van der Waals surface area (Å²) < 4.78 is 5.17. The molecular formula is C12H17N3O5. The standard InChI is InChI=1S/C12H17N3O5/c13-14-6-9(16)3-4-10(12(18)19)15-11(17)8-2-1-5-20-7-8/h6,8,10H,1-5,7H2,(H,15,17)(H,18,19). The molecule has 1 rings (SSSR count). The van der Waals surface area contributed by atoms with Gasteiger partial charge in [-0.1, -0.05) is 0 Å². The van der Waals surface area contributed by atoms with Crippen molar-refractivity contribution >= 4 is 23.9 Å². The van der Waals surface area contributed by atoms with Crippen LogP contribution in [0.4, 0.5) is 0 Å². The molecule has 8 nitrogen and oxygen atoms in total. The number of hydrogen-bond acceptors (Lipinski definition) is 4. The van der Waals surface area contributed by atoms with Crippen molar-refractivity contribution in [3.8, 4) is 0 Å². The van der Waals surface area contributed by atoms with Crippen molar-refractivity contribution in [1.29, 1.82) is 0 Å². The first-order valence-corrected chi connectivity index (χ1v) is 6.35. The number of hydrogen-bond donors (Lipinski definition) is 2. The highest BCUT2D eigenvalue weighted by molar-refractivity contribution is 6.25. The molecule has 20 heavy (non-hydrogen) atoms. The van der Waals surface area contributed by atoms with E-state index in [1.54, 1.807) is 0 Å². The zero-order valence-electron chi connectivity index (χ0n) is 10.9. The quantitative estimate of drug-likeness (QED) is 0.374. The first-order chi connectivity index (χ1) is 9.54. The maximum absolute atomic E-state index is 11.9. The van der Waals surface area contributed by atoms with E-state index in [1.807, 2.05) is 0 Å². The van der Waals surface area contributed by atoms with Crippen LogP contribution in [0.3, 0.4) is 0 Å². The summed E-state index contributed by atoms with van der Waals surface area (Å²) >= 11 is 0. The molecule has 0 aromatic rings. The second-order valence-corrected chi connectivity index (χ2v) is 4.56. The second-order valence-electron chi connectivity index (χ2n) is 4.56. The molecule has 0 bridgehead atoms. The fraction of sp³-hybridized carbons (Fsp3) is 0.667. The van der Waals surface area contributed by atoms with Crippen molar-refractivity contribution in [1.82, 2.24) is 5.32 Å². The molecule has 2 N–H and O–H groups in total. The highest BCUT2D eigenvalue weighted by Gasteiger charge is 2.27. The molecule has 2 atom stereocenters. The molecule has 8 heteroatoms. The van der Waals surface area contributed by atoms with Gasteiger partial charge in [0.1, 0.15) is 6.04 Å². The Labute approximate surface area is 115 Å². The average Bonchev–Trinajstić information content (AvgIpc) is 2.44. The topological polar surface area (TPSA) is 129 Å². The van der Waals surface area contributed by atoms with E-state index in [4.69, 9.17) is 15.4 Å². The molecule has 0 aromatic heterocycles. The summed E-state index contributed by atoms with van der Waals surface area (Å²) in [4.78, 5) is 36.6. The van der Waals surface area contributed by atoms with Crippen LogP contribution < -0.4 is 5.32 Å². The number of nitrogens with one attached hydrogen (secondary N) is 1. The monoisotopic (exact) mass is 283 g/mol. The highest BCUT2D eigenvalue weighted by atomic mass is 16.5. The number of carboxylic acid groups (broad SMARTS) is 1. The van der Waals surface area contributed by atoms with E-state index in [1.165, 1.54) is 0 Å². The number of carbonyl (C=O) groups excluding carboxylic acids is 2. The number of amides is 1. The number of ketones is 1. The van der Waals surface area contributed by atoms with Crippen LogP contribution in [0.2, 0.25) is 0 Å². The number of ether oxygens (including phenoxy) is 1. The van der Waals surface area contributed by atoms with Crippen LogP contribution in [0.25, 0.3) is 5.53 Å². The predicted molar refractivity (Wildman–Crippen MR) is 67.0 cm³/mol. The minimum Gasteiger partial charge on any atom is -0.480 e. The van der Waals surface area contributed by atoms with Crippen LogP contribution in [0, 0.1) is 5.92 Å². The van der Waals surface area contributed by atoms with Gasteiger partial charge in [0, 0.05) is 13.0 Å². The summed E-state index contributed by atoms with van der Waals surface area (Å²) in [6.45, 7) is 0.898. The molecule has 2 unspecified atom stereocenters. The number of rotatable bonds is 7. The highest BCUT2D eigenvalue weighted by Crippen LogP contribution is 2.14. The van der Waals surface area contributed by atoms with Gasteiger partial charge in [-0.25, -0.2) is 4.79 Å². The lowest BCUT2D eigenvalue weighted by Crippen LogP contribution is -2.45. The molecule has 1 fully saturated rings. The summed E-state index contributed by atoms with van der Waals surface area (Å²) in [5, 5.41) is 11.4. The number of nitrogens with zero attached hydrogens (tertiary/aromatic N) is 2. The van der Waals surface area contributed by atoms with Gasteiger partial charge in [0.15, 0.2) is 0 Å². The maximum Gasteiger partial charge on any atom is 0.326 e. The van der Waals surface area contributed by atoms with E-state index in [-0.39, 0.29) is 31.3 Å². The summed E-state index contributed by atoms with van der Waals surface area (Å²) in [5.41, 5.74) is 8.18. The van der Waals surface area contributed by atoms with Crippen LogP contribution in [-0.2, 0) is 19.1 Å². The fourth-order valence-electron chi connectivity index (χ4n) is 1.91. The van der Waals surface area contributed by atoms with Gasteiger partial charge in [-0.3, -0.25) is 9.59 Å². The first kappa shape index (κ1) is 16.0. The second kappa shape index (κ2) is 8.19. The number of carbonyl (C=O) groups is 3. The lowest BCUT2D eigenvalue weighted by Gasteiger charge is -2.23. The minimum absolute atomic E-state index is 0.0560. The van der Waals surface area contributed by atoms with Crippen molar-refractivity contribution in [3.05, 3.63) is 5.53 Å².